The van der Waals surface area contributed by atoms with Crippen molar-refractivity contribution >= 4 is 33.7 Å². The number of cyclic esters (lactones) is 1. The van der Waals surface area contributed by atoms with E-state index in [9.17, 15) is 31.2 Å². The van der Waals surface area contributed by atoms with Crippen LogP contribution in [0.2, 0.25) is 0 Å². The highest BCUT2D eigenvalue weighted by atomic mass is 32.2. The van der Waals surface area contributed by atoms with E-state index in [-0.39, 0.29) is 35.9 Å². The van der Waals surface area contributed by atoms with Crippen LogP contribution < -0.4 is 15.5 Å². The van der Waals surface area contributed by atoms with Gasteiger partial charge in [0.25, 0.3) is 5.60 Å². The van der Waals surface area contributed by atoms with Gasteiger partial charge < -0.3 is 19.7 Å². The molecule has 2 aromatic rings. The monoisotopic (exact) mass is 609 g/mol. The third-order valence-electron chi connectivity index (χ3n) is 6.53. The molecule has 0 aliphatic carbocycles. The summed E-state index contributed by atoms with van der Waals surface area (Å²) in [6.45, 7) is 6.22. The standard InChI is InChI=1S/C27H30F3N5O6S/c1-5-6-20-16-34(42(38,39)21-11-12-22(31-15-21)33-24(37)40-25(2,3)4)13-14-35(20)19-9-7-18(8-10-19)26(27(28,29)30)17-32-23(36)41-26/h7-12,15,20H,13-14,16-17H2,1-4H3,(H,32,36)(H,31,33,37)/t20-,26?/m0/s1. The lowest BCUT2D eigenvalue weighted by molar-refractivity contribution is -0.250. The van der Waals surface area contributed by atoms with E-state index >= 15 is 0 Å². The SMILES string of the molecule is CC#C[C@H]1CN(S(=O)(=O)c2ccc(NC(=O)OC(C)(C)C)nc2)CCN1c1ccc(C2(C(F)(F)F)CNC(=O)O2)cc1. The highest BCUT2D eigenvalue weighted by Gasteiger charge is 2.62. The summed E-state index contributed by atoms with van der Waals surface area (Å²) in [5.41, 5.74) is -3.24. The number of hydrogen-bond donors (Lipinski definition) is 2. The summed E-state index contributed by atoms with van der Waals surface area (Å²) < 4.78 is 79.6. The van der Waals surface area contributed by atoms with Gasteiger partial charge in [0.15, 0.2) is 0 Å². The van der Waals surface area contributed by atoms with Gasteiger partial charge in [0.05, 0.1) is 6.54 Å². The van der Waals surface area contributed by atoms with Gasteiger partial charge in [-0.05, 0) is 52.0 Å². The molecule has 2 amide bonds. The van der Waals surface area contributed by atoms with Crippen molar-refractivity contribution in [3.05, 3.63) is 48.2 Å². The van der Waals surface area contributed by atoms with Gasteiger partial charge in [0, 0.05) is 37.1 Å². The molecule has 11 nitrogen and oxygen atoms in total. The number of anilines is 2. The molecule has 0 bridgehead atoms. The summed E-state index contributed by atoms with van der Waals surface area (Å²) >= 11 is 0. The van der Waals surface area contributed by atoms with Crippen LogP contribution in [-0.4, -0.2) is 73.9 Å². The number of amides is 2. The van der Waals surface area contributed by atoms with Crippen molar-refractivity contribution in [3.8, 4) is 11.8 Å². The zero-order valence-electron chi connectivity index (χ0n) is 23.3. The number of alkyl halides is 3. The quantitative estimate of drug-likeness (QED) is 0.490. The Kier molecular flexibility index (Phi) is 8.34. The number of rotatable bonds is 5. The van der Waals surface area contributed by atoms with Gasteiger partial charge in [-0.2, -0.15) is 17.5 Å². The van der Waals surface area contributed by atoms with Crippen LogP contribution in [0, 0.1) is 11.8 Å². The fourth-order valence-corrected chi connectivity index (χ4v) is 5.95. The van der Waals surface area contributed by atoms with Gasteiger partial charge in [0.1, 0.15) is 22.4 Å². The number of benzene rings is 1. The number of hydrogen-bond acceptors (Lipinski definition) is 8. The number of pyridine rings is 1. The fourth-order valence-electron chi connectivity index (χ4n) is 4.57. The smallest absolute Gasteiger partial charge is 0.434 e. The van der Waals surface area contributed by atoms with E-state index < -0.39 is 52.2 Å². The molecule has 4 rings (SSSR count). The van der Waals surface area contributed by atoms with Crippen molar-refractivity contribution in [3.63, 3.8) is 0 Å². The maximum atomic E-state index is 13.9. The van der Waals surface area contributed by atoms with Crippen molar-refractivity contribution in [2.24, 2.45) is 0 Å². The maximum Gasteiger partial charge on any atom is 0.434 e. The van der Waals surface area contributed by atoms with Gasteiger partial charge in [0.2, 0.25) is 10.0 Å². The minimum Gasteiger partial charge on any atom is -0.444 e. The van der Waals surface area contributed by atoms with E-state index in [1.54, 1.807) is 32.6 Å². The molecule has 1 aromatic heterocycles. The van der Waals surface area contributed by atoms with Crippen molar-refractivity contribution in [2.75, 3.05) is 36.4 Å². The topological polar surface area (TPSA) is 130 Å². The van der Waals surface area contributed by atoms with Crippen LogP contribution in [0.1, 0.15) is 33.3 Å². The summed E-state index contributed by atoms with van der Waals surface area (Å²) in [7, 11) is -3.99. The molecule has 0 saturated carbocycles. The Bertz CT molecular complexity index is 1500. The summed E-state index contributed by atoms with van der Waals surface area (Å²) in [6, 6.07) is 7.47. The average molecular weight is 610 g/mol. The number of sulfonamides is 1. The molecule has 2 atom stereocenters. The molecule has 1 unspecified atom stereocenters. The second-order valence-electron chi connectivity index (χ2n) is 10.6. The second kappa shape index (κ2) is 11.3. The van der Waals surface area contributed by atoms with Crippen molar-refractivity contribution in [1.82, 2.24) is 14.6 Å². The van der Waals surface area contributed by atoms with Crippen molar-refractivity contribution in [1.29, 1.82) is 0 Å². The predicted molar refractivity (Wildman–Crippen MR) is 146 cm³/mol. The third-order valence-corrected chi connectivity index (χ3v) is 8.38. The Labute approximate surface area is 241 Å². The van der Waals surface area contributed by atoms with E-state index in [4.69, 9.17) is 4.74 Å². The largest absolute Gasteiger partial charge is 0.444 e. The van der Waals surface area contributed by atoms with Crippen molar-refractivity contribution < 1.29 is 40.7 Å². The Morgan fingerprint density at radius 1 is 1.17 bits per heavy atom. The van der Waals surface area contributed by atoms with Crippen LogP contribution in [0.4, 0.5) is 34.3 Å². The van der Waals surface area contributed by atoms with Crippen LogP contribution >= 0.6 is 0 Å². The highest BCUT2D eigenvalue weighted by molar-refractivity contribution is 7.89. The molecule has 0 radical (unpaired) electrons. The molecule has 42 heavy (non-hydrogen) atoms. The van der Waals surface area contributed by atoms with Gasteiger partial charge >= 0.3 is 18.4 Å². The zero-order valence-corrected chi connectivity index (χ0v) is 24.1. The van der Waals surface area contributed by atoms with Crippen LogP contribution in [0.5, 0.6) is 0 Å². The molecule has 2 N–H and O–H groups in total. The minimum absolute atomic E-state index is 0.0170. The average Bonchev–Trinajstić information content (AvgIpc) is 3.31. The Morgan fingerprint density at radius 3 is 2.38 bits per heavy atom. The summed E-state index contributed by atoms with van der Waals surface area (Å²) in [6.07, 6.45) is -5.60. The number of halogens is 3. The minimum atomic E-state index is -4.84. The molecule has 2 fully saturated rings. The van der Waals surface area contributed by atoms with E-state index in [2.05, 4.69) is 32.2 Å². The lowest BCUT2D eigenvalue weighted by Gasteiger charge is -2.40. The van der Waals surface area contributed by atoms with Crippen LogP contribution in [0.15, 0.2) is 47.5 Å². The molecule has 2 aliphatic heterocycles. The number of piperazine rings is 1. The molecule has 3 heterocycles. The number of nitrogens with one attached hydrogen (secondary N) is 2. The Balaban J connectivity index is 1.49. The molecule has 1 aromatic carbocycles. The van der Waals surface area contributed by atoms with E-state index in [1.807, 2.05) is 0 Å². The first-order valence-corrected chi connectivity index (χ1v) is 14.3. The lowest BCUT2D eigenvalue weighted by atomic mass is 9.93. The molecular weight excluding hydrogens is 579 g/mol. The summed E-state index contributed by atoms with van der Waals surface area (Å²) in [5, 5.41) is 4.51. The molecular formula is C27H30F3N5O6S. The number of carbonyl (C=O) groups excluding carboxylic acids is 2. The van der Waals surface area contributed by atoms with Crippen LogP contribution in [0.25, 0.3) is 0 Å². The summed E-state index contributed by atoms with van der Waals surface area (Å²) in [4.78, 5) is 29.2. The van der Waals surface area contributed by atoms with Crippen LogP contribution in [0.3, 0.4) is 0 Å². The molecule has 2 saturated heterocycles. The first-order chi connectivity index (χ1) is 19.6. The number of alkyl carbamates (subject to hydrolysis) is 1. The first-order valence-electron chi connectivity index (χ1n) is 12.8. The van der Waals surface area contributed by atoms with E-state index in [0.29, 0.717) is 5.69 Å². The van der Waals surface area contributed by atoms with Gasteiger partial charge in [-0.15, -0.1) is 5.92 Å². The second-order valence-corrected chi connectivity index (χ2v) is 12.5. The zero-order chi connectivity index (χ0) is 30.9. The highest BCUT2D eigenvalue weighted by Crippen LogP contribution is 2.44. The van der Waals surface area contributed by atoms with Gasteiger partial charge in [-0.1, -0.05) is 18.1 Å². The number of nitrogens with zero attached hydrogens (tertiary/aromatic N) is 3. The van der Waals surface area contributed by atoms with Gasteiger partial charge in [-0.25, -0.2) is 23.0 Å². The lowest BCUT2D eigenvalue weighted by Crippen LogP contribution is -2.54. The maximum absolute atomic E-state index is 13.9. The van der Waals surface area contributed by atoms with E-state index in [1.165, 1.54) is 40.7 Å². The van der Waals surface area contributed by atoms with Crippen LogP contribution in [-0.2, 0) is 25.1 Å². The number of ether oxygens (including phenoxy) is 2. The molecule has 0 spiro atoms. The number of carbonyl (C=O) groups is 2. The van der Waals surface area contributed by atoms with E-state index in [0.717, 1.165) is 6.20 Å². The van der Waals surface area contributed by atoms with Gasteiger partial charge in [-0.3, -0.25) is 5.32 Å². The molecule has 15 heteroatoms. The fraction of sp³-hybridized carbons (Fsp3) is 0.444. The first kappa shape index (κ1) is 30.9. The Morgan fingerprint density at radius 2 is 1.86 bits per heavy atom. The normalized spacial score (nSPS) is 21.5. The molecule has 226 valence electrons. The number of aromatic nitrogens is 1. The third kappa shape index (κ3) is 6.39. The predicted octanol–water partition coefficient (Wildman–Crippen LogP) is 3.83. The summed E-state index contributed by atoms with van der Waals surface area (Å²) in [5.74, 6) is 5.87. The Hall–Kier alpha value is -4.03. The molecule has 2 aliphatic rings. The van der Waals surface area contributed by atoms with Crippen molar-refractivity contribution in [2.45, 2.75) is 56.0 Å².